The fraction of sp³-hybridized carbons (Fsp3) is 0.120. The maximum absolute atomic E-state index is 12.8. The van der Waals surface area contributed by atoms with Crippen LogP contribution >= 0.6 is 0 Å². The highest BCUT2D eigenvalue weighted by Gasteiger charge is 2.11. The second kappa shape index (κ2) is 7.76. The lowest BCUT2D eigenvalue weighted by molar-refractivity contribution is 0.102. The van der Waals surface area contributed by atoms with Crippen molar-refractivity contribution in [1.82, 2.24) is 4.98 Å². The van der Waals surface area contributed by atoms with Crippen LogP contribution in [0, 0.1) is 13.8 Å². The Hall–Kier alpha value is -3.66. The summed E-state index contributed by atoms with van der Waals surface area (Å²) in [6, 6.07) is 19.8. The molecule has 0 saturated carbocycles. The summed E-state index contributed by atoms with van der Waals surface area (Å²) in [5.41, 5.74) is 5.61. The summed E-state index contributed by atoms with van der Waals surface area (Å²) >= 11 is 0. The zero-order valence-corrected chi connectivity index (χ0v) is 16.7. The fourth-order valence-corrected chi connectivity index (χ4v) is 3.46. The first-order chi connectivity index (χ1) is 14.0. The van der Waals surface area contributed by atoms with E-state index in [9.17, 15) is 4.79 Å². The molecule has 0 unspecified atom stereocenters. The van der Waals surface area contributed by atoms with Crippen LogP contribution in [0.15, 0.2) is 73.1 Å². The molecular formula is C25H22N2O2. The molecule has 0 bridgehead atoms. The van der Waals surface area contributed by atoms with Crippen LogP contribution in [0.5, 0.6) is 5.75 Å². The smallest absolute Gasteiger partial charge is 0.255 e. The van der Waals surface area contributed by atoms with Gasteiger partial charge in [-0.1, -0.05) is 18.2 Å². The van der Waals surface area contributed by atoms with Crippen molar-refractivity contribution in [3.8, 4) is 16.9 Å². The number of pyridine rings is 1. The number of nitrogens with zero attached hydrogens (tertiary/aromatic N) is 1. The molecule has 29 heavy (non-hydrogen) atoms. The quantitative estimate of drug-likeness (QED) is 0.487. The predicted octanol–water partition coefficient (Wildman–Crippen LogP) is 5.78. The van der Waals surface area contributed by atoms with Gasteiger partial charge in [-0.05, 0) is 84.0 Å². The van der Waals surface area contributed by atoms with Gasteiger partial charge in [0.15, 0.2) is 0 Å². The third-order valence-electron chi connectivity index (χ3n) is 5.00. The van der Waals surface area contributed by atoms with Crippen LogP contribution < -0.4 is 10.1 Å². The molecule has 0 atom stereocenters. The molecule has 0 saturated heterocycles. The molecule has 1 amide bonds. The van der Waals surface area contributed by atoms with Crippen LogP contribution in [0.4, 0.5) is 5.69 Å². The average molecular weight is 382 g/mol. The molecule has 4 heteroatoms. The van der Waals surface area contributed by atoms with E-state index in [1.807, 2.05) is 49.5 Å². The lowest BCUT2D eigenvalue weighted by Gasteiger charge is -2.12. The molecular weight excluding hydrogens is 360 g/mol. The van der Waals surface area contributed by atoms with E-state index in [-0.39, 0.29) is 5.91 Å². The van der Waals surface area contributed by atoms with E-state index >= 15 is 0 Å². The van der Waals surface area contributed by atoms with Gasteiger partial charge in [0, 0.05) is 29.0 Å². The van der Waals surface area contributed by atoms with Gasteiger partial charge in [-0.15, -0.1) is 0 Å². The minimum atomic E-state index is -0.162. The monoisotopic (exact) mass is 382 g/mol. The van der Waals surface area contributed by atoms with Gasteiger partial charge in [0.2, 0.25) is 0 Å². The molecule has 1 aromatic heterocycles. The maximum Gasteiger partial charge on any atom is 0.255 e. The van der Waals surface area contributed by atoms with Gasteiger partial charge < -0.3 is 10.1 Å². The van der Waals surface area contributed by atoms with Crippen LogP contribution in [0.3, 0.4) is 0 Å². The van der Waals surface area contributed by atoms with E-state index in [1.54, 1.807) is 19.4 Å². The number of rotatable bonds is 4. The number of fused-ring (bicyclic) bond motifs is 1. The van der Waals surface area contributed by atoms with Gasteiger partial charge in [-0.3, -0.25) is 9.78 Å². The first kappa shape index (κ1) is 18.7. The Balaban J connectivity index is 1.66. The molecule has 3 aromatic carbocycles. The van der Waals surface area contributed by atoms with Crippen molar-refractivity contribution >= 4 is 22.4 Å². The van der Waals surface area contributed by atoms with E-state index in [0.717, 1.165) is 38.7 Å². The van der Waals surface area contributed by atoms with E-state index in [1.165, 1.54) is 0 Å². The van der Waals surface area contributed by atoms with Crippen LogP contribution in [0.1, 0.15) is 21.5 Å². The van der Waals surface area contributed by atoms with Crippen LogP contribution in [-0.2, 0) is 0 Å². The number of benzene rings is 3. The zero-order valence-electron chi connectivity index (χ0n) is 16.7. The lowest BCUT2D eigenvalue weighted by Crippen LogP contribution is -2.12. The Morgan fingerprint density at radius 1 is 0.931 bits per heavy atom. The zero-order chi connectivity index (χ0) is 20.4. The van der Waals surface area contributed by atoms with Gasteiger partial charge in [0.25, 0.3) is 5.91 Å². The largest absolute Gasteiger partial charge is 0.497 e. The number of ether oxygens (including phenoxy) is 1. The van der Waals surface area contributed by atoms with E-state index in [0.29, 0.717) is 11.3 Å². The summed E-state index contributed by atoms with van der Waals surface area (Å²) < 4.78 is 5.28. The maximum atomic E-state index is 12.8. The summed E-state index contributed by atoms with van der Waals surface area (Å²) in [6.07, 6.45) is 3.66. The Morgan fingerprint density at radius 2 is 1.79 bits per heavy atom. The van der Waals surface area contributed by atoms with Crippen molar-refractivity contribution in [1.29, 1.82) is 0 Å². The van der Waals surface area contributed by atoms with Gasteiger partial charge in [-0.25, -0.2) is 0 Å². The summed E-state index contributed by atoms with van der Waals surface area (Å²) in [5, 5.41) is 5.25. The number of anilines is 1. The van der Waals surface area contributed by atoms with Crippen molar-refractivity contribution in [2.75, 3.05) is 12.4 Å². The minimum absolute atomic E-state index is 0.162. The Kier molecular flexibility index (Phi) is 5.00. The van der Waals surface area contributed by atoms with Crippen molar-refractivity contribution in [2.45, 2.75) is 13.8 Å². The van der Waals surface area contributed by atoms with E-state index in [4.69, 9.17) is 4.74 Å². The number of nitrogens with one attached hydrogen (secondary N) is 1. The molecule has 1 heterocycles. The van der Waals surface area contributed by atoms with Crippen LogP contribution in [0.2, 0.25) is 0 Å². The second-order valence-electron chi connectivity index (χ2n) is 7.16. The Morgan fingerprint density at radius 3 is 2.62 bits per heavy atom. The number of hydrogen-bond donors (Lipinski definition) is 1. The SMILES string of the molecule is COc1cc(C)cc(C(=O)Nc2ccc(C)c(-c3ccc4ccncc4c3)c2)c1. The summed E-state index contributed by atoms with van der Waals surface area (Å²) in [5.74, 6) is 0.508. The highest BCUT2D eigenvalue weighted by atomic mass is 16.5. The van der Waals surface area contributed by atoms with Gasteiger partial charge in [-0.2, -0.15) is 0 Å². The predicted molar refractivity (Wildman–Crippen MR) is 118 cm³/mol. The number of carbonyl (C=O) groups excluding carboxylic acids is 1. The molecule has 0 fully saturated rings. The van der Waals surface area contributed by atoms with Crippen LogP contribution in [0.25, 0.3) is 21.9 Å². The standard InChI is InChI=1S/C25H22N2O2/c1-16-10-20(13-23(11-16)29-3)25(28)27-22-7-4-17(2)24(14-22)19-6-5-18-8-9-26-15-21(18)12-19/h4-15H,1-3H3,(H,27,28). The molecule has 4 nitrogen and oxygen atoms in total. The number of aryl methyl sites for hydroxylation is 2. The average Bonchev–Trinajstić information content (AvgIpc) is 2.74. The molecule has 1 N–H and O–H groups in total. The highest BCUT2D eigenvalue weighted by Crippen LogP contribution is 2.29. The second-order valence-corrected chi connectivity index (χ2v) is 7.16. The van der Waals surface area contributed by atoms with Crippen molar-refractivity contribution < 1.29 is 9.53 Å². The summed E-state index contributed by atoms with van der Waals surface area (Å²) in [7, 11) is 1.60. The van der Waals surface area contributed by atoms with Crippen molar-refractivity contribution in [3.63, 3.8) is 0 Å². The van der Waals surface area contributed by atoms with Crippen molar-refractivity contribution in [3.05, 3.63) is 89.7 Å². The number of carbonyl (C=O) groups is 1. The molecule has 0 aliphatic carbocycles. The van der Waals surface area contributed by atoms with E-state index < -0.39 is 0 Å². The highest BCUT2D eigenvalue weighted by molar-refractivity contribution is 6.05. The lowest BCUT2D eigenvalue weighted by atomic mass is 9.98. The molecule has 0 aliphatic rings. The minimum Gasteiger partial charge on any atom is -0.497 e. The van der Waals surface area contributed by atoms with Crippen LogP contribution in [-0.4, -0.2) is 18.0 Å². The Labute approximate surface area is 170 Å². The number of hydrogen-bond acceptors (Lipinski definition) is 3. The number of methoxy groups -OCH3 is 1. The number of amides is 1. The molecule has 0 spiro atoms. The van der Waals surface area contributed by atoms with E-state index in [2.05, 4.69) is 35.4 Å². The van der Waals surface area contributed by atoms with Gasteiger partial charge in [0.05, 0.1) is 7.11 Å². The molecule has 4 aromatic rings. The molecule has 0 aliphatic heterocycles. The normalized spacial score (nSPS) is 10.7. The summed E-state index contributed by atoms with van der Waals surface area (Å²) in [4.78, 5) is 17.0. The Bertz CT molecular complexity index is 1210. The molecule has 144 valence electrons. The number of aromatic nitrogens is 1. The first-order valence-electron chi connectivity index (χ1n) is 9.45. The third-order valence-corrected chi connectivity index (χ3v) is 5.00. The van der Waals surface area contributed by atoms with Gasteiger partial charge >= 0.3 is 0 Å². The third kappa shape index (κ3) is 3.97. The summed E-state index contributed by atoms with van der Waals surface area (Å²) in [6.45, 7) is 4.01. The first-order valence-corrected chi connectivity index (χ1v) is 9.45. The topological polar surface area (TPSA) is 51.2 Å². The fourth-order valence-electron chi connectivity index (χ4n) is 3.46. The molecule has 0 radical (unpaired) electrons. The molecule has 4 rings (SSSR count). The van der Waals surface area contributed by atoms with Crippen molar-refractivity contribution in [2.24, 2.45) is 0 Å². The van der Waals surface area contributed by atoms with Gasteiger partial charge in [0.1, 0.15) is 5.75 Å².